The van der Waals surface area contributed by atoms with Crippen LogP contribution in [0.5, 0.6) is 0 Å². The average Bonchev–Trinajstić information content (AvgIpc) is 2.74. The third kappa shape index (κ3) is 5.34. The Hall–Kier alpha value is -2.83. The molecule has 28 heavy (non-hydrogen) atoms. The number of benzene rings is 1. The second-order valence-corrected chi connectivity index (χ2v) is 7.10. The van der Waals surface area contributed by atoms with E-state index >= 15 is 0 Å². The molecule has 150 valence electrons. The molecule has 2 aromatic rings. The quantitative estimate of drug-likeness (QED) is 0.405. The minimum atomic E-state index is 0.134. The molecule has 0 radical (unpaired) electrons. The number of piperidine rings is 1. The molecule has 7 heteroatoms. The van der Waals surface area contributed by atoms with Crippen molar-refractivity contribution in [2.24, 2.45) is 10.9 Å². The van der Waals surface area contributed by atoms with Gasteiger partial charge in [0.25, 0.3) is 0 Å². The summed E-state index contributed by atoms with van der Waals surface area (Å²) in [6.07, 6.45) is 2.67. The number of aromatic nitrogens is 1. The highest BCUT2D eigenvalue weighted by Crippen LogP contribution is 2.20. The van der Waals surface area contributed by atoms with Gasteiger partial charge in [-0.2, -0.15) is 0 Å². The molecule has 2 heterocycles. The highest BCUT2D eigenvalue weighted by atomic mass is 16.1. The van der Waals surface area contributed by atoms with Gasteiger partial charge in [-0.05, 0) is 37.0 Å². The van der Waals surface area contributed by atoms with E-state index in [0.29, 0.717) is 12.3 Å². The molecule has 7 nitrogen and oxygen atoms in total. The summed E-state index contributed by atoms with van der Waals surface area (Å²) in [5, 5.41) is 10.6. The molecule has 1 aliphatic heterocycles. The molecule has 1 aliphatic rings. The van der Waals surface area contributed by atoms with Crippen LogP contribution in [0, 0.1) is 5.92 Å². The Balaban J connectivity index is 1.41. The first-order chi connectivity index (χ1) is 13.7. The predicted octanol–water partition coefficient (Wildman–Crippen LogP) is 2.07. The molecule has 0 spiro atoms. The number of rotatable bonds is 6. The molecule has 0 bridgehead atoms. The standard InChI is InChI=1S/C21H30N6O/c1-22-20(28)15-16-9-13-27(14-10-16)21(23-2)25-12-11-24-19-8-7-17-5-3-4-6-18(17)26-19/h3-8,16H,9-15H2,1-2H3,(H,22,28)(H,23,25)(H,24,26). The van der Waals surface area contributed by atoms with Gasteiger partial charge in [-0.3, -0.25) is 9.79 Å². The van der Waals surface area contributed by atoms with Crippen molar-refractivity contribution in [3.05, 3.63) is 36.4 Å². The van der Waals surface area contributed by atoms with E-state index in [1.54, 1.807) is 7.05 Å². The Morgan fingerprint density at radius 1 is 1.18 bits per heavy atom. The number of anilines is 1. The number of carbonyl (C=O) groups excluding carboxylic acids is 1. The minimum Gasteiger partial charge on any atom is -0.368 e. The lowest BCUT2D eigenvalue weighted by Gasteiger charge is -2.34. The van der Waals surface area contributed by atoms with E-state index < -0.39 is 0 Å². The number of guanidine groups is 1. The molecule has 1 saturated heterocycles. The van der Waals surface area contributed by atoms with Crippen LogP contribution in [0.4, 0.5) is 5.82 Å². The van der Waals surface area contributed by atoms with Gasteiger partial charge < -0.3 is 20.9 Å². The van der Waals surface area contributed by atoms with Gasteiger partial charge in [0.15, 0.2) is 5.96 Å². The third-order valence-corrected chi connectivity index (χ3v) is 5.19. The summed E-state index contributed by atoms with van der Waals surface area (Å²) in [5.41, 5.74) is 0.996. The van der Waals surface area contributed by atoms with Crippen LogP contribution in [0.2, 0.25) is 0 Å². The highest BCUT2D eigenvalue weighted by molar-refractivity contribution is 5.81. The maximum absolute atomic E-state index is 11.5. The predicted molar refractivity (Wildman–Crippen MR) is 115 cm³/mol. The van der Waals surface area contributed by atoms with Crippen LogP contribution in [0.25, 0.3) is 10.9 Å². The first-order valence-corrected chi connectivity index (χ1v) is 9.95. The van der Waals surface area contributed by atoms with Gasteiger partial charge in [-0.1, -0.05) is 18.2 Å². The van der Waals surface area contributed by atoms with Crippen molar-refractivity contribution in [1.82, 2.24) is 20.5 Å². The first kappa shape index (κ1) is 19.9. The number of para-hydroxylation sites is 1. The number of hydrogen-bond donors (Lipinski definition) is 3. The summed E-state index contributed by atoms with van der Waals surface area (Å²) in [6, 6.07) is 12.2. The molecule has 1 amide bonds. The van der Waals surface area contributed by atoms with Crippen LogP contribution in [0.3, 0.4) is 0 Å². The number of pyridine rings is 1. The van der Waals surface area contributed by atoms with Crippen LogP contribution in [0.15, 0.2) is 41.4 Å². The third-order valence-electron chi connectivity index (χ3n) is 5.19. The number of carbonyl (C=O) groups is 1. The van der Waals surface area contributed by atoms with Crippen molar-refractivity contribution in [2.45, 2.75) is 19.3 Å². The van der Waals surface area contributed by atoms with E-state index in [2.05, 4.69) is 43.0 Å². The van der Waals surface area contributed by atoms with Crippen molar-refractivity contribution < 1.29 is 4.79 Å². The van der Waals surface area contributed by atoms with Gasteiger partial charge in [-0.25, -0.2) is 4.98 Å². The second kappa shape index (κ2) is 9.92. The molecule has 3 N–H and O–H groups in total. The van der Waals surface area contributed by atoms with E-state index in [1.165, 1.54) is 0 Å². The Morgan fingerprint density at radius 2 is 1.96 bits per heavy atom. The summed E-state index contributed by atoms with van der Waals surface area (Å²) in [6.45, 7) is 3.39. The van der Waals surface area contributed by atoms with E-state index in [-0.39, 0.29) is 5.91 Å². The van der Waals surface area contributed by atoms with E-state index in [9.17, 15) is 4.79 Å². The van der Waals surface area contributed by atoms with Crippen molar-refractivity contribution in [3.8, 4) is 0 Å². The van der Waals surface area contributed by atoms with Gasteiger partial charge in [0.05, 0.1) is 5.52 Å². The van der Waals surface area contributed by atoms with E-state index in [1.807, 2.05) is 31.3 Å². The SMILES string of the molecule is CN=C(NCCNc1ccc2ccccc2n1)N1CCC(CC(=O)NC)CC1. The van der Waals surface area contributed by atoms with Crippen molar-refractivity contribution in [1.29, 1.82) is 0 Å². The normalized spacial score (nSPS) is 15.5. The summed E-state index contributed by atoms with van der Waals surface area (Å²) >= 11 is 0. The Kier molecular flexibility index (Phi) is 7.06. The van der Waals surface area contributed by atoms with E-state index in [4.69, 9.17) is 0 Å². The second-order valence-electron chi connectivity index (χ2n) is 7.10. The molecule has 0 saturated carbocycles. The molecule has 0 aliphatic carbocycles. The largest absolute Gasteiger partial charge is 0.368 e. The summed E-state index contributed by atoms with van der Waals surface area (Å²) in [7, 11) is 3.52. The molecular formula is C21H30N6O. The van der Waals surface area contributed by atoms with Crippen LogP contribution >= 0.6 is 0 Å². The summed E-state index contributed by atoms with van der Waals surface area (Å²) in [4.78, 5) is 22.9. The highest BCUT2D eigenvalue weighted by Gasteiger charge is 2.22. The molecule has 0 unspecified atom stereocenters. The van der Waals surface area contributed by atoms with E-state index in [0.717, 1.165) is 61.7 Å². The van der Waals surface area contributed by atoms with Crippen LogP contribution in [-0.2, 0) is 4.79 Å². The topological polar surface area (TPSA) is 81.7 Å². The van der Waals surface area contributed by atoms with Crippen molar-refractivity contribution in [3.63, 3.8) is 0 Å². The summed E-state index contributed by atoms with van der Waals surface area (Å²) in [5.74, 6) is 2.40. The fraction of sp³-hybridized carbons (Fsp3) is 0.476. The Labute approximate surface area is 166 Å². The van der Waals surface area contributed by atoms with Crippen molar-refractivity contribution >= 4 is 28.6 Å². The number of fused-ring (bicyclic) bond motifs is 1. The maximum atomic E-state index is 11.5. The van der Waals surface area contributed by atoms with Gasteiger partial charge in [0, 0.05) is 52.1 Å². The van der Waals surface area contributed by atoms with Crippen LogP contribution in [-0.4, -0.2) is 62.0 Å². The molecule has 1 aromatic heterocycles. The zero-order valence-corrected chi connectivity index (χ0v) is 16.7. The monoisotopic (exact) mass is 382 g/mol. The lowest BCUT2D eigenvalue weighted by atomic mass is 9.93. The number of hydrogen-bond acceptors (Lipinski definition) is 4. The Bertz CT molecular complexity index is 813. The minimum absolute atomic E-state index is 0.134. The molecule has 1 fully saturated rings. The maximum Gasteiger partial charge on any atom is 0.220 e. The molecular weight excluding hydrogens is 352 g/mol. The van der Waals surface area contributed by atoms with Gasteiger partial charge in [0.1, 0.15) is 5.82 Å². The number of nitrogens with zero attached hydrogens (tertiary/aromatic N) is 3. The van der Waals surface area contributed by atoms with Crippen LogP contribution in [0.1, 0.15) is 19.3 Å². The molecule has 1 aromatic carbocycles. The fourth-order valence-corrected chi connectivity index (χ4v) is 3.57. The average molecular weight is 383 g/mol. The number of likely N-dealkylation sites (tertiary alicyclic amines) is 1. The first-order valence-electron chi connectivity index (χ1n) is 9.95. The zero-order chi connectivity index (χ0) is 19.8. The Morgan fingerprint density at radius 3 is 2.71 bits per heavy atom. The fourth-order valence-electron chi connectivity index (χ4n) is 3.57. The van der Waals surface area contributed by atoms with Gasteiger partial charge >= 0.3 is 0 Å². The number of nitrogens with one attached hydrogen (secondary N) is 3. The molecule has 0 atom stereocenters. The van der Waals surface area contributed by atoms with Gasteiger partial charge in [-0.15, -0.1) is 0 Å². The number of amides is 1. The van der Waals surface area contributed by atoms with Crippen LogP contribution < -0.4 is 16.0 Å². The smallest absolute Gasteiger partial charge is 0.220 e. The lowest BCUT2D eigenvalue weighted by Crippen LogP contribution is -2.47. The van der Waals surface area contributed by atoms with Gasteiger partial charge in [0.2, 0.25) is 5.91 Å². The van der Waals surface area contributed by atoms with Crippen molar-refractivity contribution in [2.75, 3.05) is 45.6 Å². The molecule has 3 rings (SSSR count). The lowest BCUT2D eigenvalue weighted by molar-refractivity contribution is -0.121. The number of aliphatic imine (C=N–C) groups is 1. The zero-order valence-electron chi connectivity index (χ0n) is 16.7. The summed E-state index contributed by atoms with van der Waals surface area (Å²) < 4.78 is 0.